The van der Waals surface area contributed by atoms with E-state index in [1.54, 1.807) is 17.0 Å². The molecule has 0 unspecified atom stereocenters. The minimum absolute atomic E-state index is 0.191. The first-order chi connectivity index (χ1) is 11.0. The molecule has 3 rings (SSSR count). The molecule has 1 saturated heterocycles. The number of nitrogens with one attached hydrogen (secondary N) is 1. The van der Waals surface area contributed by atoms with Gasteiger partial charge in [-0.1, -0.05) is 11.6 Å². The van der Waals surface area contributed by atoms with E-state index in [9.17, 15) is 9.90 Å². The zero-order valence-corrected chi connectivity index (χ0v) is 13.6. The van der Waals surface area contributed by atoms with Gasteiger partial charge in [-0.15, -0.1) is 0 Å². The number of piperidine rings is 1. The molecular formula is C17H19ClN2O3. The number of aryl methyl sites for hydroxylation is 1. The SMILES string of the molecule is Cc1ccc(-c2ccc(Cl)cc2NC(=O)N2CCC(O)CC2)o1. The van der Waals surface area contributed by atoms with Crippen LogP contribution in [0.5, 0.6) is 0 Å². The van der Waals surface area contributed by atoms with Crippen LogP contribution in [0.3, 0.4) is 0 Å². The van der Waals surface area contributed by atoms with Crippen LogP contribution in [0.15, 0.2) is 34.7 Å². The predicted molar refractivity (Wildman–Crippen MR) is 89.7 cm³/mol. The molecular weight excluding hydrogens is 316 g/mol. The summed E-state index contributed by atoms with van der Waals surface area (Å²) in [7, 11) is 0. The third kappa shape index (κ3) is 3.68. The van der Waals surface area contributed by atoms with Gasteiger partial charge in [0.15, 0.2) is 0 Å². The van der Waals surface area contributed by atoms with Crippen LogP contribution in [0.25, 0.3) is 11.3 Å². The summed E-state index contributed by atoms with van der Waals surface area (Å²) < 4.78 is 5.65. The summed E-state index contributed by atoms with van der Waals surface area (Å²) in [6, 6.07) is 8.86. The van der Waals surface area contributed by atoms with Crippen LogP contribution in [0.1, 0.15) is 18.6 Å². The van der Waals surface area contributed by atoms with Crippen molar-refractivity contribution in [1.82, 2.24) is 4.90 Å². The molecule has 6 heteroatoms. The van der Waals surface area contributed by atoms with Crippen LogP contribution < -0.4 is 5.32 Å². The number of rotatable bonds is 2. The largest absolute Gasteiger partial charge is 0.461 e. The molecule has 0 atom stereocenters. The van der Waals surface area contributed by atoms with Gasteiger partial charge < -0.3 is 19.7 Å². The topological polar surface area (TPSA) is 65.7 Å². The van der Waals surface area contributed by atoms with E-state index in [0.29, 0.717) is 42.4 Å². The van der Waals surface area contributed by atoms with Crippen LogP contribution in [0.4, 0.5) is 10.5 Å². The van der Waals surface area contributed by atoms with E-state index < -0.39 is 0 Å². The van der Waals surface area contributed by atoms with E-state index in [4.69, 9.17) is 16.0 Å². The van der Waals surface area contributed by atoms with E-state index >= 15 is 0 Å². The maximum absolute atomic E-state index is 12.4. The summed E-state index contributed by atoms with van der Waals surface area (Å²) in [4.78, 5) is 14.1. The maximum atomic E-state index is 12.4. The van der Waals surface area contributed by atoms with Crippen LogP contribution >= 0.6 is 11.6 Å². The van der Waals surface area contributed by atoms with Gasteiger partial charge in [0.1, 0.15) is 11.5 Å². The molecule has 122 valence electrons. The fraction of sp³-hybridized carbons (Fsp3) is 0.353. The first-order valence-corrected chi connectivity index (χ1v) is 8.01. The Hall–Kier alpha value is -1.98. The van der Waals surface area contributed by atoms with Crippen molar-refractivity contribution in [3.8, 4) is 11.3 Å². The van der Waals surface area contributed by atoms with Gasteiger partial charge in [0.2, 0.25) is 0 Å². The molecule has 0 radical (unpaired) electrons. The highest BCUT2D eigenvalue weighted by molar-refractivity contribution is 6.31. The number of hydrogen-bond donors (Lipinski definition) is 2. The Morgan fingerprint density at radius 2 is 2.04 bits per heavy atom. The molecule has 1 aromatic carbocycles. The molecule has 23 heavy (non-hydrogen) atoms. The van der Waals surface area contributed by atoms with Gasteiger partial charge >= 0.3 is 6.03 Å². The number of halogens is 1. The summed E-state index contributed by atoms with van der Waals surface area (Å²) in [5, 5.41) is 13.0. The smallest absolute Gasteiger partial charge is 0.321 e. The second-order valence-corrected chi connectivity index (χ2v) is 6.19. The zero-order chi connectivity index (χ0) is 16.4. The maximum Gasteiger partial charge on any atom is 0.321 e. The van der Waals surface area contributed by atoms with E-state index in [1.165, 1.54) is 0 Å². The first-order valence-electron chi connectivity index (χ1n) is 7.63. The summed E-state index contributed by atoms with van der Waals surface area (Å²) in [6.07, 6.45) is 0.896. The number of carbonyl (C=O) groups excluding carboxylic acids is 1. The molecule has 5 nitrogen and oxygen atoms in total. The molecule has 0 saturated carbocycles. The number of aliphatic hydroxyl groups excluding tert-OH is 1. The number of hydrogen-bond acceptors (Lipinski definition) is 3. The minimum Gasteiger partial charge on any atom is -0.461 e. The lowest BCUT2D eigenvalue weighted by Crippen LogP contribution is -2.42. The molecule has 1 aliphatic heterocycles. The molecule has 1 aliphatic rings. The standard InChI is InChI=1S/C17H19ClN2O3/c1-11-2-5-16(23-11)14-4-3-12(18)10-15(14)19-17(22)20-8-6-13(21)7-9-20/h2-5,10,13,21H,6-9H2,1H3,(H,19,22). The van der Waals surface area contributed by atoms with Gasteiger partial charge in [0.25, 0.3) is 0 Å². The second-order valence-electron chi connectivity index (χ2n) is 5.75. The third-order valence-corrected chi connectivity index (χ3v) is 4.22. The number of urea groups is 1. The van der Waals surface area contributed by atoms with Crippen LogP contribution in [0, 0.1) is 6.92 Å². The monoisotopic (exact) mass is 334 g/mol. The average molecular weight is 335 g/mol. The van der Waals surface area contributed by atoms with Crippen LogP contribution in [0.2, 0.25) is 5.02 Å². The van der Waals surface area contributed by atoms with Crippen molar-refractivity contribution in [2.75, 3.05) is 18.4 Å². The predicted octanol–water partition coefficient (Wildman–Crippen LogP) is 3.90. The molecule has 1 aromatic heterocycles. The first kappa shape index (κ1) is 15.9. The van der Waals surface area contributed by atoms with Crippen molar-refractivity contribution in [3.63, 3.8) is 0 Å². The van der Waals surface area contributed by atoms with Gasteiger partial charge in [0, 0.05) is 23.7 Å². The van der Waals surface area contributed by atoms with E-state index in [-0.39, 0.29) is 12.1 Å². The number of aliphatic hydroxyl groups is 1. The lowest BCUT2D eigenvalue weighted by molar-refractivity contribution is 0.0972. The number of likely N-dealkylation sites (tertiary alicyclic amines) is 1. The molecule has 2 heterocycles. The number of nitrogens with zero attached hydrogens (tertiary/aromatic N) is 1. The lowest BCUT2D eigenvalue weighted by atomic mass is 10.1. The van der Waals surface area contributed by atoms with Gasteiger partial charge in [-0.25, -0.2) is 4.79 Å². The van der Waals surface area contributed by atoms with Crippen molar-refractivity contribution < 1.29 is 14.3 Å². The molecule has 2 N–H and O–H groups in total. The molecule has 1 fully saturated rings. The van der Waals surface area contributed by atoms with Gasteiger partial charge in [-0.3, -0.25) is 0 Å². The van der Waals surface area contributed by atoms with Gasteiger partial charge in [-0.2, -0.15) is 0 Å². The Labute approximate surface area is 139 Å². The summed E-state index contributed by atoms with van der Waals surface area (Å²) in [5.41, 5.74) is 1.40. The molecule has 0 spiro atoms. The van der Waals surface area contributed by atoms with Crippen molar-refractivity contribution in [2.24, 2.45) is 0 Å². The Bertz CT molecular complexity index is 706. The summed E-state index contributed by atoms with van der Waals surface area (Å²) in [6.45, 7) is 2.96. The van der Waals surface area contributed by atoms with Crippen molar-refractivity contribution in [3.05, 3.63) is 41.1 Å². The second kappa shape index (κ2) is 6.64. The van der Waals surface area contributed by atoms with Crippen LogP contribution in [-0.4, -0.2) is 35.2 Å². The molecule has 2 aromatic rings. The lowest BCUT2D eigenvalue weighted by Gasteiger charge is -2.29. The fourth-order valence-electron chi connectivity index (χ4n) is 2.68. The normalized spacial score (nSPS) is 15.7. The van der Waals surface area contributed by atoms with E-state index in [2.05, 4.69) is 5.32 Å². The highest BCUT2D eigenvalue weighted by Gasteiger charge is 2.22. The summed E-state index contributed by atoms with van der Waals surface area (Å²) >= 11 is 6.07. The van der Waals surface area contributed by atoms with E-state index in [1.807, 2.05) is 25.1 Å². The molecule has 0 aliphatic carbocycles. The third-order valence-electron chi connectivity index (χ3n) is 3.98. The van der Waals surface area contributed by atoms with Gasteiger partial charge in [-0.05, 0) is 50.1 Å². The number of carbonyl (C=O) groups is 1. The number of amides is 2. The Morgan fingerprint density at radius 1 is 1.30 bits per heavy atom. The van der Waals surface area contributed by atoms with Crippen LogP contribution in [-0.2, 0) is 0 Å². The fourth-order valence-corrected chi connectivity index (χ4v) is 2.85. The number of benzene rings is 1. The average Bonchev–Trinajstić information content (AvgIpc) is 2.94. The highest BCUT2D eigenvalue weighted by Crippen LogP contribution is 2.32. The quantitative estimate of drug-likeness (QED) is 0.875. The van der Waals surface area contributed by atoms with Crippen molar-refractivity contribution >= 4 is 23.3 Å². The highest BCUT2D eigenvalue weighted by atomic mass is 35.5. The zero-order valence-electron chi connectivity index (χ0n) is 12.9. The Kier molecular flexibility index (Phi) is 4.59. The summed E-state index contributed by atoms with van der Waals surface area (Å²) in [5.74, 6) is 1.49. The number of anilines is 1. The van der Waals surface area contributed by atoms with E-state index in [0.717, 1.165) is 11.3 Å². The van der Waals surface area contributed by atoms with Crippen molar-refractivity contribution in [1.29, 1.82) is 0 Å². The molecule has 0 bridgehead atoms. The molecule has 2 amide bonds. The Morgan fingerprint density at radius 3 is 2.70 bits per heavy atom. The van der Waals surface area contributed by atoms with Gasteiger partial charge in [0.05, 0.1) is 11.8 Å². The van der Waals surface area contributed by atoms with Crippen molar-refractivity contribution in [2.45, 2.75) is 25.9 Å². The minimum atomic E-state index is -0.313. The Balaban J connectivity index is 1.81. The number of furan rings is 1.